The van der Waals surface area contributed by atoms with Crippen molar-refractivity contribution >= 4 is 0 Å². The zero-order chi connectivity index (χ0) is 9.26. The van der Waals surface area contributed by atoms with E-state index in [1.54, 1.807) is 0 Å². The molecular weight excluding hydrogens is 160 g/mol. The summed E-state index contributed by atoms with van der Waals surface area (Å²) in [5.41, 5.74) is 2.59. The first-order chi connectivity index (χ1) is 6.25. The molecule has 1 aliphatic heterocycles. The van der Waals surface area contributed by atoms with E-state index in [0.717, 1.165) is 13.0 Å². The Morgan fingerprint density at radius 2 is 2.08 bits per heavy atom. The summed E-state index contributed by atoms with van der Waals surface area (Å²) in [4.78, 5) is 0. The number of rotatable bonds is 3. The van der Waals surface area contributed by atoms with Gasteiger partial charge < -0.3 is 4.74 Å². The summed E-state index contributed by atoms with van der Waals surface area (Å²) in [6.45, 7) is 8.86. The molecule has 1 fully saturated rings. The fourth-order valence-electron chi connectivity index (χ4n) is 1.43. The topological polar surface area (TPSA) is 12.5 Å². The highest BCUT2D eigenvalue weighted by Gasteiger charge is 2.29. The van der Waals surface area contributed by atoms with Gasteiger partial charge in [0.25, 0.3) is 0 Å². The molecule has 68 valence electrons. The minimum absolute atomic E-state index is 0.169. The van der Waals surface area contributed by atoms with Crippen molar-refractivity contribution in [3.8, 4) is 0 Å². The van der Waals surface area contributed by atoms with Crippen LogP contribution >= 0.6 is 0 Å². The highest BCUT2D eigenvalue weighted by atomic mass is 16.6. The number of benzene rings is 1. The summed E-state index contributed by atoms with van der Waals surface area (Å²) in [6, 6.07) is 8.51. The molecule has 0 spiro atoms. The van der Waals surface area contributed by atoms with E-state index < -0.39 is 0 Å². The molecule has 1 heterocycles. The first-order valence-electron chi connectivity index (χ1n) is 4.68. The fourth-order valence-corrected chi connectivity index (χ4v) is 1.43. The van der Waals surface area contributed by atoms with Crippen LogP contribution in [0.1, 0.15) is 11.1 Å². The number of ether oxygens (including phenoxy) is 1. The van der Waals surface area contributed by atoms with Crippen LogP contribution < -0.4 is 0 Å². The van der Waals surface area contributed by atoms with E-state index in [2.05, 4.69) is 31.2 Å². The van der Waals surface area contributed by atoms with Gasteiger partial charge in [-0.1, -0.05) is 29.8 Å². The third kappa shape index (κ3) is 2.31. The summed E-state index contributed by atoms with van der Waals surface area (Å²) in [6.07, 6.45) is 1.23. The molecule has 13 heavy (non-hydrogen) atoms. The minimum atomic E-state index is 0.169. The van der Waals surface area contributed by atoms with E-state index in [9.17, 15) is 0 Å². The van der Waals surface area contributed by atoms with Crippen molar-refractivity contribution in [2.75, 3.05) is 6.61 Å². The maximum Gasteiger partial charge on any atom is 0.0844 e. The Labute approximate surface area is 79.7 Å². The molecule has 0 amide bonds. The molecule has 0 N–H and O–H groups in total. The van der Waals surface area contributed by atoms with Gasteiger partial charge in [0, 0.05) is 0 Å². The SMILES string of the molecule is [CH]C(Cc1ccc(C)cc1)[C@H]1CO1. The van der Waals surface area contributed by atoms with Gasteiger partial charge in [-0.25, -0.2) is 0 Å². The van der Waals surface area contributed by atoms with Crippen LogP contribution in [0.5, 0.6) is 0 Å². The third-order valence-electron chi connectivity index (χ3n) is 2.43. The van der Waals surface area contributed by atoms with Gasteiger partial charge in [0.15, 0.2) is 0 Å². The summed E-state index contributed by atoms with van der Waals surface area (Å²) in [7, 11) is 0. The Morgan fingerprint density at radius 3 is 2.62 bits per heavy atom. The van der Waals surface area contributed by atoms with Crippen molar-refractivity contribution in [2.24, 2.45) is 5.92 Å². The molecule has 1 aliphatic rings. The van der Waals surface area contributed by atoms with Crippen LogP contribution in [-0.2, 0) is 11.2 Å². The normalized spacial score (nSPS) is 22.8. The molecule has 1 nitrogen and oxygen atoms in total. The number of aryl methyl sites for hydroxylation is 1. The number of epoxide rings is 1. The van der Waals surface area contributed by atoms with Gasteiger partial charge in [0.05, 0.1) is 12.7 Å². The van der Waals surface area contributed by atoms with Crippen LogP contribution in [-0.4, -0.2) is 12.7 Å². The third-order valence-corrected chi connectivity index (χ3v) is 2.43. The van der Waals surface area contributed by atoms with Crippen molar-refractivity contribution < 1.29 is 4.74 Å². The Balaban J connectivity index is 1.96. The lowest BCUT2D eigenvalue weighted by Crippen LogP contribution is -2.07. The molecule has 1 unspecified atom stereocenters. The predicted molar refractivity (Wildman–Crippen MR) is 52.4 cm³/mol. The maximum atomic E-state index is 5.92. The number of hydrogen-bond acceptors (Lipinski definition) is 1. The largest absolute Gasteiger partial charge is 0.373 e. The summed E-state index contributed by atoms with van der Waals surface area (Å²) in [5.74, 6) is 0.169. The monoisotopic (exact) mass is 174 g/mol. The molecule has 1 heteroatoms. The van der Waals surface area contributed by atoms with Crippen LogP contribution in [0.3, 0.4) is 0 Å². The molecule has 0 aromatic heterocycles. The van der Waals surface area contributed by atoms with Gasteiger partial charge in [-0.3, -0.25) is 0 Å². The Morgan fingerprint density at radius 1 is 1.46 bits per heavy atom. The van der Waals surface area contributed by atoms with Gasteiger partial charge in [-0.05, 0) is 31.7 Å². The van der Waals surface area contributed by atoms with Gasteiger partial charge in [0.1, 0.15) is 0 Å². The van der Waals surface area contributed by atoms with Crippen molar-refractivity contribution in [2.45, 2.75) is 19.4 Å². The first-order valence-corrected chi connectivity index (χ1v) is 4.68. The average Bonchev–Trinajstić information content (AvgIpc) is 2.91. The van der Waals surface area contributed by atoms with Crippen molar-refractivity contribution in [3.63, 3.8) is 0 Å². The van der Waals surface area contributed by atoms with Crippen LogP contribution in [0.2, 0.25) is 0 Å². The second kappa shape index (κ2) is 3.51. The smallest absolute Gasteiger partial charge is 0.0844 e. The molecule has 1 aromatic rings. The lowest BCUT2D eigenvalue weighted by Gasteiger charge is -2.07. The van der Waals surface area contributed by atoms with E-state index in [-0.39, 0.29) is 5.92 Å². The summed E-state index contributed by atoms with van der Waals surface area (Å²) < 4.78 is 5.14. The van der Waals surface area contributed by atoms with Crippen LogP contribution in [0, 0.1) is 19.8 Å². The van der Waals surface area contributed by atoms with E-state index in [4.69, 9.17) is 11.7 Å². The van der Waals surface area contributed by atoms with Gasteiger partial charge in [-0.2, -0.15) is 0 Å². The Kier molecular flexibility index (Phi) is 2.36. The lowest BCUT2D eigenvalue weighted by atomic mass is 9.98. The first kappa shape index (κ1) is 8.76. The molecule has 2 atom stereocenters. The van der Waals surface area contributed by atoms with E-state index in [1.807, 2.05) is 0 Å². The minimum Gasteiger partial charge on any atom is -0.373 e. The lowest BCUT2D eigenvalue weighted by molar-refractivity contribution is 0.358. The Bertz CT molecular complexity index is 272. The average molecular weight is 174 g/mol. The van der Waals surface area contributed by atoms with E-state index in [0.29, 0.717) is 6.10 Å². The molecule has 2 radical (unpaired) electrons. The molecule has 0 bridgehead atoms. The highest BCUT2D eigenvalue weighted by molar-refractivity contribution is 5.22. The van der Waals surface area contributed by atoms with Crippen LogP contribution in [0.15, 0.2) is 24.3 Å². The molecular formula is C12H14O. The molecule has 1 aromatic carbocycles. The van der Waals surface area contributed by atoms with Crippen LogP contribution in [0.4, 0.5) is 0 Å². The fraction of sp³-hybridized carbons (Fsp3) is 0.417. The Hall–Kier alpha value is -0.820. The summed E-state index contributed by atoms with van der Waals surface area (Å²) >= 11 is 0. The second-order valence-corrected chi connectivity index (χ2v) is 3.73. The number of hydrogen-bond donors (Lipinski definition) is 0. The zero-order valence-corrected chi connectivity index (χ0v) is 7.86. The molecule has 0 saturated carbocycles. The molecule has 2 rings (SSSR count). The van der Waals surface area contributed by atoms with Crippen molar-refractivity contribution in [1.82, 2.24) is 0 Å². The van der Waals surface area contributed by atoms with Gasteiger partial charge in [-0.15, -0.1) is 0 Å². The standard InChI is InChI=1S/C12H14O/c1-9-3-5-11(6-4-9)7-10(2)12-8-13-12/h2-6,10,12H,7-8H2,1H3/t10?,12-/m1/s1. The van der Waals surface area contributed by atoms with Crippen LogP contribution in [0.25, 0.3) is 0 Å². The van der Waals surface area contributed by atoms with E-state index >= 15 is 0 Å². The predicted octanol–water partition coefficient (Wildman–Crippen LogP) is 2.26. The van der Waals surface area contributed by atoms with Gasteiger partial charge in [0.2, 0.25) is 0 Å². The quantitative estimate of drug-likeness (QED) is 0.640. The molecule has 0 aliphatic carbocycles. The van der Waals surface area contributed by atoms with Crippen molar-refractivity contribution in [3.05, 3.63) is 42.3 Å². The van der Waals surface area contributed by atoms with Crippen molar-refractivity contribution in [1.29, 1.82) is 0 Å². The van der Waals surface area contributed by atoms with E-state index in [1.165, 1.54) is 11.1 Å². The van der Waals surface area contributed by atoms with Gasteiger partial charge >= 0.3 is 0 Å². The summed E-state index contributed by atoms with van der Waals surface area (Å²) in [5, 5.41) is 0. The maximum absolute atomic E-state index is 5.92. The highest BCUT2D eigenvalue weighted by Crippen LogP contribution is 2.23. The zero-order valence-electron chi connectivity index (χ0n) is 7.86. The second-order valence-electron chi connectivity index (χ2n) is 3.73. The molecule has 1 saturated heterocycles.